The Balaban J connectivity index is 1.85. The van der Waals surface area contributed by atoms with Crippen LogP contribution in [0.3, 0.4) is 0 Å². The van der Waals surface area contributed by atoms with Gasteiger partial charge in [-0.05, 0) is 116 Å². The molecule has 3 heterocycles. The molecular formula is C32H46B2Cl2N2. The zero-order valence-corrected chi connectivity index (χ0v) is 26.5. The Bertz CT molecular complexity index is 1250. The maximum absolute atomic E-state index is 8.37. The Labute approximate surface area is 242 Å². The number of likely N-dealkylation sites (tertiary alicyclic amines) is 1. The van der Waals surface area contributed by atoms with Crippen LogP contribution in [-0.4, -0.2) is 47.3 Å². The van der Waals surface area contributed by atoms with Gasteiger partial charge in [0.15, 0.2) is 0 Å². The molecule has 3 aliphatic rings. The molecule has 2 saturated heterocycles. The van der Waals surface area contributed by atoms with Gasteiger partial charge in [0.1, 0.15) is 0 Å². The highest BCUT2D eigenvalue weighted by atomic mass is 35.5. The lowest BCUT2D eigenvalue weighted by Crippen LogP contribution is -2.84. The van der Waals surface area contributed by atoms with Gasteiger partial charge in [-0.25, -0.2) is 0 Å². The highest BCUT2D eigenvalue weighted by molar-refractivity contribution is 7.31. The van der Waals surface area contributed by atoms with Crippen LogP contribution in [0.4, 0.5) is 0 Å². The van der Waals surface area contributed by atoms with Crippen LogP contribution < -0.4 is 10.9 Å². The molecule has 5 rings (SSSR count). The van der Waals surface area contributed by atoms with Crippen molar-refractivity contribution in [2.24, 2.45) is 0 Å². The molecule has 0 aliphatic carbocycles. The standard InChI is InChI=1S/C32H46B2Cl2N2/c1-21-19-22(2)26(6)29(25(21)5)33(35)31-32(37-15-11-9-12-16-37)34(36,38(31)17-13-10-14-18-38)30-27(7)23(3)20-24(4)28(30)8/h19-20H,9-18H2,1-8H3/t34-/m0/s1. The average Bonchev–Trinajstić information content (AvgIpc) is 2.90. The van der Waals surface area contributed by atoms with Crippen LogP contribution in [0.2, 0.25) is 0 Å². The van der Waals surface area contributed by atoms with Crippen molar-refractivity contribution in [2.75, 3.05) is 26.2 Å². The molecule has 0 unspecified atom stereocenters. The fraction of sp³-hybridized carbons (Fsp3) is 0.562. The quantitative estimate of drug-likeness (QED) is 0.371. The van der Waals surface area contributed by atoms with Crippen LogP contribution in [0.15, 0.2) is 23.3 Å². The van der Waals surface area contributed by atoms with Crippen molar-refractivity contribution in [1.29, 1.82) is 0 Å². The van der Waals surface area contributed by atoms with Crippen molar-refractivity contribution in [3.63, 3.8) is 0 Å². The van der Waals surface area contributed by atoms with Crippen molar-refractivity contribution in [3.8, 4) is 0 Å². The number of halogens is 2. The van der Waals surface area contributed by atoms with Gasteiger partial charge in [0.05, 0.1) is 0 Å². The Hall–Kier alpha value is -1.35. The topological polar surface area (TPSA) is 3.24 Å². The number of piperidine rings is 2. The van der Waals surface area contributed by atoms with Crippen molar-refractivity contribution in [3.05, 3.63) is 67.8 Å². The maximum atomic E-state index is 8.37. The lowest BCUT2D eigenvalue weighted by Gasteiger charge is -2.72. The molecule has 0 amide bonds. The van der Waals surface area contributed by atoms with E-state index in [0.717, 1.165) is 30.6 Å². The van der Waals surface area contributed by atoms with Crippen molar-refractivity contribution >= 4 is 45.7 Å². The molecule has 3 aliphatic heterocycles. The van der Waals surface area contributed by atoms with Gasteiger partial charge < -0.3 is 20.8 Å². The second kappa shape index (κ2) is 10.2. The molecule has 0 N–H and O–H groups in total. The summed E-state index contributed by atoms with van der Waals surface area (Å²) in [5.41, 5.74) is 14.8. The highest BCUT2D eigenvalue weighted by Gasteiger charge is 2.65. The first-order valence-electron chi connectivity index (χ1n) is 15.0. The minimum absolute atomic E-state index is 0.163. The third kappa shape index (κ3) is 3.95. The molecule has 38 heavy (non-hydrogen) atoms. The first-order valence-corrected chi connectivity index (χ1v) is 15.8. The van der Waals surface area contributed by atoms with Gasteiger partial charge in [0.2, 0.25) is 0 Å². The predicted octanol–water partition coefficient (Wildman–Crippen LogP) is 6.97. The van der Waals surface area contributed by atoms with E-state index in [9.17, 15) is 0 Å². The first-order chi connectivity index (χ1) is 18.0. The van der Waals surface area contributed by atoms with Crippen LogP contribution in [0.25, 0.3) is 0 Å². The smallest absolute Gasteiger partial charge is 0.373 e. The zero-order chi connectivity index (χ0) is 27.6. The average molecular weight is 551 g/mol. The number of benzene rings is 2. The zero-order valence-electron chi connectivity index (χ0n) is 25.0. The molecule has 204 valence electrons. The summed E-state index contributed by atoms with van der Waals surface area (Å²) in [7, 11) is 0. The molecule has 1 atom stereocenters. The normalized spacial score (nSPS) is 23.2. The molecule has 6 heteroatoms. The maximum Gasteiger partial charge on any atom is 0.373 e. The Morgan fingerprint density at radius 1 is 0.684 bits per heavy atom. The summed E-state index contributed by atoms with van der Waals surface area (Å²) in [6, 6.07) is 4.67. The van der Waals surface area contributed by atoms with Crippen molar-refractivity contribution in [2.45, 2.75) is 93.9 Å². The van der Waals surface area contributed by atoms with Crippen LogP contribution in [0.1, 0.15) is 83.0 Å². The summed E-state index contributed by atoms with van der Waals surface area (Å²) in [6.07, 6.45) is 7.33. The van der Waals surface area contributed by atoms with Crippen LogP contribution in [0.5, 0.6) is 0 Å². The first kappa shape index (κ1) is 28.2. The summed E-state index contributed by atoms with van der Waals surface area (Å²) in [4.78, 5) is 2.67. The summed E-state index contributed by atoms with van der Waals surface area (Å²) >= 11 is 16.2. The van der Waals surface area contributed by atoms with Crippen LogP contribution in [-0.2, 0) is 0 Å². The molecule has 0 radical (unpaired) electrons. The van der Waals surface area contributed by atoms with Gasteiger partial charge in [-0.15, -0.1) is 5.46 Å². The summed E-state index contributed by atoms with van der Waals surface area (Å²) in [5, 5.41) is 0. The Kier molecular flexibility index (Phi) is 7.60. The van der Waals surface area contributed by atoms with Gasteiger partial charge in [0.25, 0.3) is 0 Å². The number of nitrogens with zero attached hydrogens (tertiary/aromatic N) is 2. The fourth-order valence-corrected chi connectivity index (χ4v) is 9.83. The van der Waals surface area contributed by atoms with E-state index >= 15 is 0 Å². The largest absolute Gasteiger partial charge is 0.471 e. The van der Waals surface area contributed by atoms with Crippen LogP contribution >= 0.6 is 22.9 Å². The van der Waals surface area contributed by atoms with E-state index in [1.807, 2.05) is 0 Å². The fourth-order valence-electron chi connectivity index (χ4n) is 8.32. The van der Waals surface area contributed by atoms with E-state index in [1.165, 1.54) is 105 Å². The van der Waals surface area contributed by atoms with Crippen molar-refractivity contribution < 1.29 is 4.39 Å². The lowest BCUT2D eigenvalue weighted by atomic mass is 9.33. The number of hydrogen-bond donors (Lipinski definition) is 0. The van der Waals surface area contributed by atoms with E-state index in [0.29, 0.717) is 0 Å². The molecule has 2 nitrogen and oxygen atoms in total. The van der Waals surface area contributed by atoms with E-state index in [-0.39, 0.29) is 6.13 Å². The highest BCUT2D eigenvalue weighted by Crippen LogP contribution is 2.53. The molecule has 0 bridgehead atoms. The third-order valence-electron chi connectivity index (χ3n) is 10.8. The third-order valence-corrected chi connectivity index (χ3v) is 12.0. The van der Waals surface area contributed by atoms with E-state index in [1.54, 1.807) is 0 Å². The minimum Gasteiger partial charge on any atom is -0.471 e. The van der Waals surface area contributed by atoms with Gasteiger partial charge >= 0.3 is 11.8 Å². The molecule has 2 aromatic rings. The minimum atomic E-state index is -1.53. The molecule has 0 aromatic heterocycles. The van der Waals surface area contributed by atoms with E-state index in [4.69, 9.17) is 22.9 Å². The van der Waals surface area contributed by atoms with E-state index in [2.05, 4.69) is 72.4 Å². The second-order valence-electron chi connectivity index (χ2n) is 12.8. The molecule has 0 saturated carbocycles. The van der Waals surface area contributed by atoms with E-state index < -0.39 is 5.70 Å². The van der Waals surface area contributed by atoms with Gasteiger partial charge in [-0.1, -0.05) is 45.5 Å². The number of rotatable bonds is 4. The monoisotopic (exact) mass is 550 g/mol. The van der Waals surface area contributed by atoms with Gasteiger partial charge in [-0.2, -0.15) is 11.5 Å². The summed E-state index contributed by atoms with van der Waals surface area (Å²) in [6.45, 7) is 22.5. The number of quaternary nitrogens is 1. The predicted molar refractivity (Wildman–Crippen MR) is 170 cm³/mol. The molecular weight excluding hydrogens is 505 g/mol. The number of aryl methyl sites for hydroxylation is 4. The van der Waals surface area contributed by atoms with Gasteiger partial charge in [-0.3, -0.25) is 0 Å². The second-order valence-corrected chi connectivity index (χ2v) is 13.9. The number of hydrogen-bond acceptors (Lipinski definition) is 1. The lowest BCUT2D eigenvalue weighted by molar-refractivity contribution is -0.801. The summed E-state index contributed by atoms with van der Waals surface area (Å²) < 4.78 is 0.873. The van der Waals surface area contributed by atoms with Gasteiger partial charge in [0, 0.05) is 31.8 Å². The van der Waals surface area contributed by atoms with Crippen LogP contribution in [0, 0.1) is 55.4 Å². The molecule has 1 spiro atoms. The molecule has 2 fully saturated rings. The Morgan fingerprint density at radius 3 is 1.63 bits per heavy atom. The Morgan fingerprint density at radius 2 is 1.13 bits per heavy atom. The van der Waals surface area contributed by atoms with Crippen molar-refractivity contribution in [1.82, 2.24) is 4.90 Å². The molecule has 2 aromatic carbocycles. The SMILES string of the molecule is Cc1cc(C)c(C)c(B(Cl)C2=C(N3CCCCC3)[B@-](Cl)(c3c(C)c(C)cc(C)c3C)[N+]23CCCCC3)c1C. The summed E-state index contributed by atoms with van der Waals surface area (Å²) in [5.74, 6) is 0.